The molecule has 0 aliphatic carbocycles. The van der Waals surface area contributed by atoms with Crippen molar-refractivity contribution in [1.82, 2.24) is 9.55 Å². The van der Waals surface area contributed by atoms with E-state index < -0.39 is 23.2 Å². The molecule has 1 aromatic rings. The predicted molar refractivity (Wildman–Crippen MR) is 67.3 cm³/mol. The van der Waals surface area contributed by atoms with Crippen LogP contribution in [0.25, 0.3) is 10.4 Å². The number of aliphatic hydroxyl groups is 1. The van der Waals surface area contributed by atoms with Gasteiger partial charge < -0.3 is 9.84 Å². The molecule has 2 N–H and O–H groups in total. The first-order valence-corrected chi connectivity index (χ1v) is 6.18. The largest absolute Gasteiger partial charge is 0.394 e. The molecule has 2 heterocycles. The van der Waals surface area contributed by atoms with Gasteiger partial charge in [-0.3, -0.25) is 14.3 Å². The normalized spacial score (nSPS) is 26.1. The Balaban J connectivity index is 2.58. The van der Waals surface area contributed by atoms with Gasteiger partial charge in [-0.15, -0.1) is 0 Å². The highest BCUT2D eigenvalue weighted by molar-refractivity contribution is 9.10. The summed E-state index contributed by atoms with van der Waals surface area (Å²) in [5.74, 6) is -1.56. The molecule has 0 unspecified atom stereocenters. The summed E-state index contributed by atoms with van der Waals surface area (Å²) in [6, 6.07) is 0. The first kappa shape index (κ1) is 13.8. The van der Waals surface area contributed by atoms with Crippen molar-refractivity contribution in [2.45, 2.75) is 24.8 Å². The third-order valence-electron chi connectivity index (χ3n) is 2.83. The van der Waals surface area contributed by atoms with Gasteiger partial charge in [-0.05, 0) is 33.0 Å². The van der Waals surface area contributed by atoms with Gasteiger partial charge in [0.2, 0.25) is 5.85 Å². The lowest BCUT2D eigenvalue weighted by atomic mass is 10.2. The summed E-state index contributed by atoms with van der Waals surface area (Å²) in [7, 11) is 0. The van der Waals surface area contributed by atoms with Crippen LogP contribution in [0.1, 0.15) is 12.8 Å². The average Bonchev–Trinajstić information content (AvgIpc) is 2.79. The van der Waals surface area contributed by atoms with Crippen molar-refractivity contribution >= 4 is 15.9 Å². The molecule has 2 rings (SSSR count). The van der Waals surface area contributed by atoms with E-state index in [0.29, 0.717) is 6.42 Å². The molecule has 1 saturated heterocycles. The van der Waals surface area contributed by atoms with E-state index in [0.717, 1.165) is 4.57 Å². The minimum Gasteiger partial charge on any atom is -0.394 e. The van der Waals surface area contributed by atoms with Crippen LogP contribution in [0.15, 0.2) is 25.4 Å². The van der Waals surface area contributed by atoms with Crippen LogP contribution in [0.2, 0.25) is 0 Å². The Morgan fingerprint density at radius 2 is 2.47 bits per heavy atom. The quantitative estimate of drug-likeness (QED) is 0.470. The van der Waals surface area contributed by atoms with E-state index in [4.69, 9.17) is 15.4 Å². The van der Waals surface area contributed by atoms with Crippen molar-refractivity contribution in [2.75, 3.05) is 6.61 Å². The molecule has 1 aliphatic heterocycles. The van der Waals surface area contributed by atoms with Crippen molar-refractivity contribution in [3.05, 3.63) is 42.0 Å². The number of aromatic nitrogens is 2. The smallest absolute Gasteiger partial charge is 0.330 e. The number of rotatable bonds is 3. The molecule has 10 heteroatoms. The molecule has 19 heavy (non-hydrogen) atoms. The number of halogens is 1. The topological polar surface area (TPSA) is 133 Å². The van der Waals surface area contributed by atoms with Crippen LogP contribution in [-0.4, -0.2) is 27.4 Å². The molecule has 102 valence electrons. The number of nitrogens with zero attached hydrogens (tertiary/aromatic N) is 4. The number of H-pyrrole nitrogens is 1. The van der Waals surface area contributed by atoms with Gasteiger partial charge in [-0.1, -0.05) is 0 Å². The number of hydrogen-bond acceptors (Lipinski definition) is 5. The van der Waals surface area contributed by atoms with E-state index in [1.54, 1.807) is 0 Å². The van der Waals surface area contributed by atoms with Crippen molar-refractivity contribution in [3.63, 3.8) is 0 Å². The maximum Gasteiger partial charge on any atom is 0.330 e. The monoisotopic (exact) mass is 331 g/mol. The SMILES string of the molecule is [N-]=[N+]=N[C@]1(n2cc(Br)c(=O)[nH]c2=O)CC[C@@H](CO)O1. The molecule has 1 aromatic heterocycles. The summed E-state index contributed by atoms with van der Waals surface area (Å²) in [6.07, 6.45) is 1.33. The number of nitrogens with one attached hydrogen (secondary N) is 1. The van der Waals surface area contributed by atoms with Crippen molar-refractivity contribution < 1.29 is 9.84 Å². The molecule has 0 bridgehead atoms. The number of hydrogen-bond donors (Lipinski definition) is 2. The van der Waals surface area contributed by atoms with Crippen LogP contribution < -0.4 is 11.2 Å². The lowest BCUT2D eigenvalue weighted by Crippen LogP contribution is -2.43. The van der Waals surface area contributed by atoms with E-state index in [9.17, 15) is 9.59 Å². The summed E-state index contributed by atoms with van der Waals surface area (Å²) >= 11 is 2.99. The minimum atomic E-state index is -1.56. The lowest BCUT2D eigenvalue weighted by molar-refractivity contribution is -0.109. The first-order chi connectivity index (χ1) is 9.02. The highest BCUT2D eigenvalue weighted by Gasteiger charge is 2.42. The Morgan fingerprint density at radius 3 is 3.05 bits per heavy atom. The Labute approximate surface area is 114 Å². The van der Waals surface area contributed by atoms with Crippen LogP contribution in [0.5, 0.6) is 0 Å². The van der Waals surface area contributed by atoms with E-state index in [1.807, 2.05) is 0 Å². The van der Waals surface area contributed by atoms with Crippen molar-refractivity contribution in [2.24, 2.45) is 5.11 Å². The molecular weight excluding hydrogens is 322 g/mol. The molecule has 0 saturated carbocycles. The maximum absolute atomic E-state index is 11.8. The zero-order valence-electron chi connectivity index (χ0n) is 9.61. The second-order valence-electron chi connectivity index (χ2n) is 4.00. The summed E-state index contributed by atoms with van der Waals surface area (Å²) in [5, 5.41) is 12.6. The Bertz CT molecular complexity index is 649. The van der Waals surface area contributed by atoms with Gasteiger partial charge in [-0.2, -0.15) is 0 Å². The van der Waals surface area contributed by atoms with Gasteiger partial charge in [0.05, 0.1) is 17.2 Å². The Hall–Kier alpha value is -1.61. The van der Waals surface area contributed by atoms with Crippen LogP contribution in [0.4, 0.5) is 0 Å². The molecule has 0 radical (unpaired) electrons. The van der Waals surface area contributed by atoms with E-state index in [2.05, 4.69) is 30.9 Å². The fraction of sp³-hybridized carbons (Fsp3) is 0.556. The third-order valence-corrected chi connectivity index (χ3v) is 3.39. The second-order valence-corrected chi connectivity index (χ2v) is 4.85. The number of ether oxygens (including phenoxy) is 1. The van der Waals surface area contributed by atoms with Gasteiger partial charge in [-0.25, -0.2) is 4.79 Å². The maximum atomic E-state index is 11.8. The molecule has 0 spiro atoms. The Kier molecular flexibility index (Phi) is 3.76. The summed E-state index contributed by atoms with van der Waals surface area (Å²) in [4.78, 5) is 27.9. The summed E-state index contributed by atoms with van der Waals surface area (Å²) in [5.41, 5.74) is 7.30. The minimum absolute atomic E-state index is 0.107. The number of aromatic amines is 1. The fourth-order valence-corrected chi connectivity index (χ4v) is 2.24. The van der Waals surface area contributed by atoms with Gasteiger partial charge >= 0.3 is 5.69 Å². The van der Waals surface area contributed by atoms with Gasteiger partial charge in [0.15, 0.2) is 0 Å². The van der Waals surface area contributed by atoms with E-state index >= 15 is 0 Å². The molecule has 9 nitrogen and oxygen atoms in total. The zero-order chi connectivity index (χ0) is 14.0. The van der Waals surface area contributed by atoms with Gasteiger partial charge in [0.25, 0.3) is 5.56 Å². The summed E-state index contributed by atoms with van der Waals surface area (Å²) < 4.78 is 6.56. The zero-order valence-corrected chi connectivity index (χ0v) is 11.2. The van der Waals surface area contributed by atoms with E-state index in [1.165, 1.54) is 6.20 Å². The lowest BCUT2D eigenvalue weighted by Gasteiger charge is -2.25. The summed E-state index contributed by atoms with van der Waals surface area (Å²) in [6.45, 7) is -0.248. The van der Waals surface area contributed by atoms with Gasteiger partial charge in [0.1, 0.15) is 0 Å². The highest BCUT2D eigenvalue weighted by atomic mass is 79.9. The number of aliphatic hydroxyl groups excluding tert-OH is 1. The fourth-order valence-electron chi connectivity index (χ4n) is 1.94. The Morgan fingerprint density at radius 1 is 1.74 bits per heavy atom. The molecule has 1 aliphatic rings. The third kappa shape index (κ3) is 2.43. The molecular formula is C9H10BrN5O4. The van der Waals surface area contributed by atoms with Crippen LogP contribution in [0.3, 0.4) is 0 Å². The van der Waals surface area contributed by atoms with Crippen LogP contribution >= 0.6 is 15.9 Å². The average molecular weight is 332 g/mol. The molecule has 2 atom stereocenters. The molecule has 0 aromatic carbocycles. The van der Waals surface area contributed by atoms with Crippen molar-refractivity contribution in [3.8, 4) is 0 Å². The predicted octanol–water partition coefficient (Wildman–Crippen LogP) is 0.391. The van der Waals surface area contributed by atoms with Crippen LogP contribution in [-0.2, 0) is 10.6 Å². The van der Waals surface area contributed by atoms with Gasteiger partial charge in [0, 0.05) is 17.5 Å². The molecule has 1 fully saturated rings. The standard InChI is InChI=1S/C9H10BrN5O4/c10-6-3-15(8(18)12-7(6)17)9(13-14-11)2-1-5(4-16)19-9/h3,5,16H,1-2,4H2,(H,12,17,18)/t5-,9-/m0/s1. The molecule has 0 amide bonds. The second kappa shape index (κ2) is 5.17. The highest BCUT2D eigenvalue weighted by Crippen LogP contribution is 2.35. The first-order valence-electron chi connectivity index (χ1n) is 5.39. The number of azide groups is 1. The van der Waals surface area contributed by atoms with Crippen LogP contribution in [0, 0.1) is 0 Å². The van der Waals surface area contributed by atoms with E-state index in [-0.39, 0.29) is 17.5 Å². The van der Waals surface area contributed by atoms with Crippen molar-refractivity contribution in [1.29, 1.82) is 0 Å².